The van der Waals surface area contributed by atoms with E-state index in [-0.39, 0.29) is 5.82 Å². The number of hydrogen-bond donors (Lipinski definition) is 1. The number of rotatable bonds is 6. The van der Waals surface area contributed by atoms with Gasteiger partial charge in [0.05, 0.1) is 0 Å². The molecule has 0 saturated heterocycles. The average molecular weight is 280 g/mol. The average Bonchev–Trinajstić information content (AvgIpc) is 2.77. The number of aromatic nitrogens is 3. The molecule has 2 N–H and O–H groups in total. The van der Waals surface area contributed by atoms with Crippen molar-refractivity contribution in [3.63, 3.8) is 0 Å². The van der Waals surface area contributed by atoms with Gasteiger partial charge >= 0.3 is 0 Å². The fourth-order valence-electron chi connectivity index (χ4n) is 1.69. The molecule has 102 valence electrons. The minimum Gasteiger partial charge on any atom is -0.335 e. The predicted molar refractivity (Wildman–Crippen MR) is 75.8 cm³/mol. The predicted octanol–water partition coefficient (Wildman–Crippen LogP) is 3.08. The molecule has 1 heterocycles. The number of halogens is 1. The van der Waals surface area contributed by atoms with Gasteiger partial charge in [0, 0.05) is 11.3 Å². The second-order valence-corrected chi connectivity index (χ2v) is 5.30. The summed E-state index contributed by atoms with van der Waals surface area (Å²) in [6.07, 6.45) is 3.53. The molecule has 2 aromatic rings. The van der Waals surface area contributed by atoms with Gasteiger partial charge in [0.1, 0.15) is 5.82 Å². The Hall–Kier alpha value is -1.56. The lowest BCUT2D eigenvalue weighted by Gasteiger charge is -2.03. The van der Waals surface area contributed by atoms with Crippen LogP contribution in [0.2, 0.25) is 0 Å². The zero-order valence-corrected chi connectivity index (χ0v) is 11.7. The second-order valence-electron chi connectivity index (χ2n) is 4.24. The van der Waals surface area contributed by atoms with E-state index in [0.29, 0.717) is 11.0 Å². The first-order valence-electron chi connectivity index (χ1n) is 6.31. The Bertz CT molecular complexity index is 524. The van der Waals surface area contributed by atoms with E-state index >= 15 is 0 Å². The minimum absolute atomic E-state index is 0.277. The lowest BCUT2D eigenvalue weighted by molar-refractivity contribution is 0.628. The van der Waals surface area contributed by atoms with Crippen LogP contribution in [-0.4, -0.2) is 20.6 Å². The molecule has 0 spiro atoms. The van der Waals surface area contributed by atoms with Crippen LogP contribution < -0.4 is 5.84 Å². The van der Waals surface area contributed by atoms with E-state index in [9.17, 15) is 4.39 Å². The monoisotopic (exact) mass is 280 g/mol. The molecular formula is C13H17FN4S. The van der Waals surface area contributed by atoms with E-state index in [1.807, 2.05) is 0 Å². The zero-order valence-electron chi connectivity index (χ0n) is 10.8. The normalized spacial score (nSPS) is 10.8. The van der Waals surface area contributed by atoms with E-state index in [4.69, 9.17) is 5.84 Å². The van der Waals surface area contributed by atoms with Crippen LogP contribution in [-0.2, 0) is 0 Å². The van der Waals surface area contributed by atoms with Crippen molar-refractivity contribution in [2.75, 3.05) is 11.6 Å². The fourth-order valence-corrected chi connectivity index (χ4v) is 2.54. The van der Waals surface area contributed by atoms with Crippen LogP contribution >= 0.6 is 11.8 Å². The standard InChI is InChI=1S/C13H17FN4S/c1-2-3-4-9-19-13-17-16-12(18(13)15)10-5-7-11(14)8-6-10/h5-8H,2-4,9,15H2,1H3. The Labute approximate surface area is 116 Å². The number of benzene rings is 1. The number of thioether (sulfide) groups is 1. The minimum atomic E-state index is -0.277. The van der Waals surface area contributed by atoms with E-state index < -0.39 is 0 Å². The summed E-state index contributed by atoms with van der Waals surface area (Å²) in [6, 6.07) is 6.07. The molecule has 6 heteroatoms. The van der Waals surface area contributed by atoms with Gasteiger partial charge in [-0.05, 0) is 30.7 Å². The van der Waals surface area contributed by atoms with Gasteiger partial charge in [-0.3, -0.25) is 0 Å². The van der Waals surface area contributed by atoms with Crippen molar-refractivity contribution in [2.24, 2.45) is 0 Å². The van der Waals surface area contributed by atoms with E-state index in [0.717, 1.165) is 17.7 Å². The summed E-state index contributed by atoms with van der Waals surface area (Å²) in [5.41, 5.74) is 0.761. The van der Waals surface area contributed by atoms with Crippen molar-refractivity contribution in [2.45, 2.75) is 31.3 Å². The molecule has 4 nitrogen and oxygen atoms in total. The summed E-state index contributed by atoms with van der Waals surface area (Å²) >= 11 is 1.60. The van der Waals surface area contributed by atoms with Gasteiger partial charge < -0.3 is 5.84 Å². The van der Waals surface area contributed by atoms with Crippen molar-refractivity contribution in [1.82, 2.24) is 14.9 Å². The van der Waals surface area contributed by atoms with Crippen LogP contribution in [0.5, 0.6) is 0 Å². The summed E-state index contributed by atoms with van der Waals surface area (Å²) in [7, 11) is 0. The topological polar surface area (TPSA) is 56.7 Å². The highest BCUT2D eigenvalue weighted by Gasteiger charge is 2.11. The number of hydrogen-bond acceptors (Lipinski definition) is 4. The van der Waals surface area contributed by atoms with Crippen molar-refractivity contribution in [3.05, 3.63) is 30.1 Å². The number of nitrogens with zero attached hydrogens (tertiary/aromatic N) is 3. The zero-order chi connectivity index (χ0) is 13.7. The molecule has 1 aromatic heterocycles. The van der Waals surface area contributed by atoms with E-state index in [2.05, 4.69) is 17.1 Å². The quantitative estimate of drug-likeness (QED) is 0.502. The van der Waals surface area contributed by atoms with E-state index in [1.165, 1.54) is 29.7 Å². The molecule has 19 heavy (non-hydrogen) atoms. The molecule has 0 unspecified atom stereocenters. The molecule has 0 saturated carbocycles. The highest BCUT2D eigenvalue weighted by Crippen LogP contribution is 2.22. The van der Waals surface area contributed by atoms with Crippen molar-refractivity contribution >= 4 is 11.8 Å². The first-order chi connectivity index (χ1) is 9.22. The Balaban J connectivity index is 2.07. The molecule has 1 aromatic carbocycles. The molecule has 0 radical (unpaired) electrons. The Morgan fingerprint density at radius 2 is 1.95 bits per heavy atom. The largest absolute Gasteiger partial charge is 0.335 e. The maximum atomic E-state index is 12.9. The lowest BCUT2D eigenvalue weighted by Crippen LogP contribution is -2.11. The Morgan fingerprint density at radius 3 is 2.63 bits per heavy atom. The lowest BCUT2D eigenvalue weighted by atomic mass is 10.2. The molecule has 0 aliphatic rings. The van der Waals surface area contributed by atoms with Crippen LogP contribution in [0.25, 0.3) is 11.4 Å². The third-order valence-corrected chi connectivity index (χ3v) is 3.78. The second kappa shape index (κ2) is 6.56. The van der Waals surface area contributed by atoms with Crippen LogP contribution in [0.4, 0.5) is 4.39 Å². The Morgan fingerprint density at radius 1 is 1.21 bits per heavy atom. The van der Waals surface area contributed by atoms with Gasteiger partial charge in [0.15, 0.2) is 5.82 Å². The van der Waals surface area contributed by atoms with Gasteiger partial charge in [0.2, 0.25) is 5.16 Å². The summed E-state index contributed by atoms with van der Waals surface area (Å²) in [6.45, 7) is 2.17. The van der Waals surface area contributed by atoms with Gasteiger partial charge in [-0.1, -0.05) is 31.5 Å². The maximum absolute atomic E-state index is 12.9. The van der Waals surface area contributed by atoms with Gasteiger partial charge in [-0.2, -0.15) is 0 Å². The third-order valence-electron chi connectivity index (χ3n) is 2.75. The van der Waals surface area contributed by atoms with Crippen LogP contribution in [0.15, 0.2) is 29.4 Å². The van der Waals surface area contributed by atoms with Gasteiger partial charge in [0.25, 0.3) is 0 Å². The third kappa shape index (κ3) is 3.47. The van der Waals surface area contributed by atoms with Crippen LogP contribution in [0.3, 0.4) is 0 Å². The Kier molecular flexibility index (Phi) is 4.79. The summed E-state index contributed by atoms with van der Waals surface area (Å²) < 4.78 is 14.3. The molecule has 0 amide bonds. The van der Waals surface area contributed by atoms with Crippen molar-refractivity contribution in [3.8, 4) is 11.4 Å². The molecule has 0 fully saturated rings. The first kappa shape index (κ1) is 13.9. The molecular weight excluding hydrogens is 263 g/mol. The number of nitrogen functional groups attached to an aromatic ring is 1. The summed E-state index contributed by atoms with van der Waals surface area (Å²) in [5, 5.41) is 8.82. The fraction of sp³-hybridized carbons (Fsp3) is 0.385. The smallest absolute Gasteiger partial charge is 0.210 e. The number of nitrogens with two attached hydrogens (primary N) is 1. The van der Waals surface area contributed by atoms with Crippen molar-refractivity contribution in [1.29, 1.82) is 0 Å². The molecule has 0 atom stereocenters. The number of unbranched alkanes of at least 4 members (excludes halogenated alkanes) is 2. The molecule has 2 rings (SSSR count). The molecule has 0 bridgehead atoms. The van der Waals surface area contributed by atoms with Crippen LogP contribution in [0.1, 0.15) is 26.2 Å². The summed E-state index contributed by atoms with van der Waals surface area (Å²) in [5.74, 6) is 7.22. The first-order valence-corrected chi connectivity index (χ1v) is 7.30. The van der Waals surface area contributed by atoms with E-state index in [1.54, 1.807) is 23.9 Å². The summed E-state index contributed by atoms with van der Waals surface area (Å²) in [4.78, 5) is 0. The molecule has 0 aliphatic carbocycles. The van der Waals surface area contributed by atoms with Gasteiger partial charge in [-0.15, -0.1) is 10.2 Å². The molecule has 0 aliphatic heterocycles. The highest BCUT2D eigenvalue weighted by molar-refractivity contribution is 7.99. The van der Waals surface area contributed by atoms with Crippen LogP contribution in [0, 0.1) is 5.82 Å². The SMILES string of the molecule is CCCCCSc1nnc(-c2ccc(F)cc2)n1N. The maximum Gasteiger partial charge on any atom is 0.210 e. The van der Waals surface area contributed by atoms with Gasteiger partial charge in [-0.25, -0.2) is 9.07 Å². The highest BCUT2D eigenvalue weighted by atomic mass is 32.2. The van der Waals surface area contributed by atoms with Crippen molar-refractivity contribution < 1.29 is 4.39 Å².